The molecule has 0 aliphatic carbocycles. The van der Waals surface area contributed by atoms with Crippen molar-refractivity contribution in [3.63, 3.8) is 0 Å². The molecule has 0 spiro atoms. The number of hydrogen-bond acceptors (Lipinski definition) is 7. The molecule has 0 aliphatic rings. The summed E-state index contributed by atoms with van der Waals surface area (Å²) < 4.78 is 5.29. The fraction of sp³-hybridized carbons (Fsp3) is 0.250. The van der Waals surface area contributed by atoms with Crippen LogP contribution >= 0.6 is 0 Å². The van der Waals surface area contributed by atoms with Crippen molar-refractivity contribution in [2.75, 3.05) is 18.9 Å². The predicted molar refractivity (Wildman–Crippen MR) is 109 cm³/mol. The number of urea groups is 1. The highest BCUT2D eigenvalue weighted by Gasteiger charge is 2.26. The third-order valence-corrected chi connectivity index (χ3v) is 4.03. The third-order valence-electron chi connectivity index (χ3n) is 4.03. The van der Waals surface area contributed by atoms with Crippen LogP contribution in [0.15, 0.2) is 54.6 Å². The van der Waals surface area contributed by atoms with Crippen LogP contribution in [0.1, 0.15) is 24.5 Å². The van der Waals surface area contributed by atoms with Gasteiger partial charge in [0.2, 0.25) is 6.10 Å². The van der Waals surface area contributed by atoms with Crippen LogP contribution in [-0.2, 0) is 14.3 Å². The van der Waals surface area contributed by atoms with Crippen molar-refractivity contribution in [2.45, 2.75) is 18.9 Å². The number of amides is 3. The lowest BCUT2D eigenvalue weighted by Crippen LogP contribution is -2.41. The van der Waals surface area contributed by atoms with Crippen molar-refractivity contribution in [1.29, 1.82) is 0 Å². The fourth-order valence-electron chi connectivity index (χ4n) is 2.57. The molecule has 3 N–H and O–H groups in total. The number of rotatable bonds is 9. The van der Waals surface area contributed by atoms with E-state index in [1.54, 1.807) is 48.5 Å². The normalized spacial score (nSPS) is 11.1. The predicted octanol–water partition coefficient (Wildman–Crippen LogP) is 2.53. The largest absolute Gasteiger partial charge is 0.447 e. The van der Waals surface area contributed by atoms with Gasteiger partial charge in [-0.1, -0.05) is 42.5 Å². The van der Waals surface area contributed by atoms with E-state index >= 15 is 0 Å². The monoisotopic (exact) mass is 414 g/mol. The number of imide groups is 1. The standard InChI is InChI=1S/C20H22N4O6/c1-21-20(27)23-19(26)18(14-8-3-2-4-9-14)30-17(25)12-7-13-22-15-10-5-6-11-16(15)24(28)29/h2-6,8-11,18,22H,7,12-13H2,1H3,(H2,21,23,26,27)/t18-/m0/s1. The van der Waals surface area contributed by atoms with Gasteiger partial charge in [0.25, 0.3) is 11.6 Å². The lowest BCUT2D eigenvalue weighted by atomic mass is 10.1. The molecule has 2 aromatic carbocycles. The van der Waals surface area contributed by atoms with E-state index in [1.165, 1.54) is 13.1 Å². The summed E-state index contributed by atoms with van der Waals surface area (Å²) in [6, 6.07) is 13.8. The molecular formula is C20H22N4O6. The number of hydrogen-bond donors (Lipinski definition) is 3. The molecule has 2 aromatic rings. The number of nitro benzene ring substituents is 1. The molecule has 0 saturated heterocycles. The molecule has 0 bridgehead atoms. The summed E-state index contributed by atoms with van der Waals surface area (Å²) in [6.45, 7) is 0.292. The maximum Gasteiger partial charge on any atom is 0.321 e. The number of carbonyl (C=O) groups is 3. The van der Waals surface area contributed by atoms with Crippen LogP contribution in [0.5, 0.6) is 0 Å². The molecule has 1 atom stereocenters. The van der Waals surface area contributed by atoms with Crippen LogP contribution in [0.2, 0.25) is 0 Å². The minimum Gasteiger partial charge on any atom is -0.447 e. The zero-order valence-electron chi connectivity index (χ0n) is 16.3. The summed E-state index contributed by atoms with van der Waals surface area (Å²) in [7, 11) is 1.36. The van der Waals surface area contributed by atoms with Crippen molar-refractivity contribution < 1.29 is 24.0 Å². The van der Waals surface area contributed by atoms with Gasteiger partial charge >= 0.3 is 12.0 Å². The highest BCUT2D eigenvalue weighted by atomic mass is 16.6. The van der Waals surface area contributed by atoms with Crippen LogP contribution in [0.25, 0.3) is 0 Å². The van der Waals surface area contributed by atoms with E-state index in [0.29, 0.717) is 24.2 Å². The van der Waals surface area contributed by atoms with Crippen LogP contribution in [0, 0.1) is 10.1 Å². The molecule has 0 heterocycles. The Morgan fingerprint density at radius 2 is 1.73 bits per heavy atom. The first-order chi connectivity index (χ1) is 14.4. The van der Waals surface area contributed by atoms with Crippen molar-refractivity contribution >= 4 is 29.3 Å². The van der Waals surface area contributed by atoms with Gasteiger partial charge in [0.05, 0.1) is 4.92 Å². The summed E-state index contributed by atoms with van der Waals surface area (Å²) >= 11 is 0. The highest BCUT2D eigenvalue weighted by Crippen LogP contribution is 2.23. The number of anilines is 1. The lowest BCUT2D eigenvalue weighted by molar-refractivity contribution is -0.384. The number of nitrogens with one attached hydrogen (secondary N) is 3. The van der Waals surface area contributed by atoms with Crippen molar-refractivity contribution in [1.82, 2.24) is 10.6 Å². The van der Waals surface area contributed by atoms with Crippen molar-refractivity contribution in [3.05, 3.63) is 70.3 Å². The smallest absolute Gasteiger partial charge is 0.321 e. The van der Waals surface area contributed by atoms with Gasteiger partial charge in [-0.2, -0.15) is 0 Å². The van der Waals surface area contributed by atoms with Crippen LogP contribution in [0.4, 0.5) is 16.2 Å². The second-order valence-electron chi connectivity index (χ2n) is 6.15. The molecule has 0 saturated carbocycles. The van der Waals surface area contributed by atoms with Crippen molar-refractivity contribution in [2.24, 2.45) is 0 Å². The Labute approximate surface area is 172 Å². The van der Waals surface area contributed by atoms with Gasteiger partial charge in [-0.3, -0.25) is 25.0 Å². The van der Waals surface area contributed by atoms with Gasteiger partial charge in [-0.15, -0.1) is 0 Å². The molecule has 0 fully saturated rings. The van der Waals surface area contributed by atoms with E-state index in [4.69, 9.17) is 4.74 Å². The molecule has 0 aliphatic heterocycles. The van der Waals surface area contributed by atoms with E-state index in [-0.39, 0.29) is 12.1 Å². The summed E-state index contributed by atoms with van der Waals surface area (Å²) in [5, 5.41) is 18.3. The Morgan fingerprint density at radius 1 is 1.07 bits per heavy atom. The molecule has 30 heavy (non-hydrogen) atoms. The molecule has 158 valence electrons. The summed E-state index contributed by atoms with van der Waals surface area (Å²) in [5.74, 6) is -1.41. The minimum absolute atomic E-state index is 0.0236. The average molecular weight is 414 g/mol. The van der Waals surface area contributed by atoms with Crippen LogP contribution in [-0.4, -0.2) is 36.4 Å². The van der Waals surface area contributed by atoms with Gasteiger partial charge < -0.3 is 15.4 Å². The third kappa shape index (κ3) is 6.59. The second kappa shape index (κ2) is 11.1. The molecule has 2 rings (SSSR count). The quantitative estimate of drug-likeness (QED) is 0.248. The topological polar surface area (TPSA) is 140 Å². The molecule has 10 nitrogen and oxygen atoms in total. The number of para-hydroxylation sites is 2. The molecule has 0 aromatic heterocycles. The number of esters is 1. The van der Waals surface area contributed by atoms with E-state index < -0.39 is 28.9 Å². The first kappa shape index (κ1) is 22.3. The zero-order valence-corrected chi connectivity index (χ0v) is 16.3. The van der Waals surface area contributed by atoms with Gasteiger partial charge in [-0.25, -0.2) is 4.79 Å². The SMILES string of the molecule is CNC(=O)NC(=O)[C@@H](OC(=O)CCCNc1ccccc1[N+](=O)[O-])c1ccccc1. The Kier molecular flexibility index (Phi) is 8.30. The Bertz CT molecular complexity index is 903. The van der Waals surface area contributed by atoms with Gasteiger partial charge in [0, 0.05) is 31.6 Å². The minimum atomic E-state index is -1.28. The van der Waals surface area contributed by atoms with Gasteiger partial charge in [0.1, 0.15) is 5.69 Å². The number of nitrogens with zero attached hydrogens (tertiary/aromatic N) is 1. The number of benzene rings is 2. The Hall–Kier alpha value is -3.95. The number of nitro groups is 1. The lowest BCUT2D eigenvalue weighted by Gasteiger charge is -2.17. The fourth-order valence-corrected chi connectivity index (χ4v) is 2.57. The summed E-state index contributed by atoms with van der Waals surface area (Å²) in [6.07, 6.45) is -0.979. The zero-order chi connectivity index (χ0) is 21.9. The maximum absolute atomic E-state index is 12.3. The number of ether oxygens (including phenoxy) is 1. The van der Waals surface area contributed by atoms with Gasteiger partial charge in [0.15, 0.2) is 0 Å². The van der Waals surface area contributed by atoms with Gasteiger partial charge in [-0.05, 0) is 12.5 Å². The molecule has 3 amide bonds. The van der Waals surface area contributed by atoms with E-state index in [9.17, 15) is 24.5 Å². The van der Waals surface area contributed by atoms with Crippen molar-refractivity contribution in [3.8, 4) is 0 Å². The summed E-state index contributed by atoms with van der Waals surface area (Å²) in [4.78, 5) is 46.5. The number of carbonyl (C=O) groups excluding carboxylic acids is 3. The van der Waals surface area contributed by atoms with E-state index in [1.807, 2.05) is 0 Å². The van der Waals surface area contributed by atoms with E-state index in [0.717, 1.165) is 0 Å². The Morgan fingerprint density at radius 3 is 2.40 bits per heavy atom. The van der Waals surface area contributed by atoms with Crippen LogP contribution < -0.4 is 16.0 Å². The highest BCUT2D eigenvalue weighted by molar-refractivity contribution is 5.97. The maximum atomic E-state index is 12.3. The second-order valence-corrected chi connectivity index (χ2v) is 6.15. The molecule has 0 radical (unpaired) electrons. The summed E-state index contributed by atoms with van der Waals surface area (Å²) in [5.41, 5.74) is 0.711. The molecule has 0 unspecified atom stereocenters. The average Bonchev–Trinajstić information content (AvgIpc) is 2.75. The Balaban J connectivity index is 1.92. The van der Waals surface area contributed by atoms with E-state index in [2.05, 4.69) is 16.0 Å². The first-order valence-electron chi connectivity index (χ1n) is 9.16. The molecular weight excluding hydrogens is 392 g/mol. The molecule has 10 heteroatoms. The first-order valence-corrected chi connectivity index (χ1v) is 9.16. The van der Waals surface area contributed by atoms with Crippen LogP contribution in [0.3, 0.4) is 0 Å².